The van der Waals surface area contributed by atoms with Crippen LogP contribution in [0.2, 0.25) is 0 Å². The molecule has 1 aromatic heterocycles. The second-order valence-electron chi connectivity index (χ2n) is 4.11. The van der Waals surface area contributed by atoms with Crippen molar-refractivity contribution in [3.05, 3.63) is 36.2 Å². The number of anilines is 3. The lowest BCUT2D eigenvalue weighted by Gasteiger charge is -2.13. The standard InChI is InChI=1S/C14H18N4O2/c1-15-13-12(20-3)14(17-9-16-13)18-11-6-4-5-10(7-11)8-19-2/h4-7,9H,8H2,1-3H3,(H2,15,16,17,18). The summed E-state index contributed by atoms with van der Waals surface area (Å²) < 4.78 is 10.5. The molecule has 0 amide bonds. The van der Waals surface area contributed by atoms with Crippen LogP contribution in [-0.2, 0) is 11.3 Å². The van der Waals surface area contributed by atoms with E-state index in [4.69, 9.17) is 9.47 Å². The Bertz CT molecular complexity index is 575. The molecule has 0 aliphatic carbocycles. The molecule has 0 fully saturated rings. The minimum absolute atomic E-state index is 0.568. The van der Waals surface area contributed by atoms with Crippen molar-refractivity contribution in [3.63, 3.8) is 0 Å². The average Bonchev–Trinajstić information content (AvgIpc) is 2.47. The summed E-state index contributed by atoms with van der Waals surface area (Å²) in [7, 11) is 5.05. The Morgan fingerprint density at radius 1 is 1.15 bits per heavy atom. The van der Waals surface area contributed by atoms with Gasteiger partial charge in [-0.3, -0.25) is 0 Å². The molecule has 6 heteroatoms. The van der Waals surface area contributed by atoms with E-state index >= 15 is 0 Å². The maximum absolute atomic E-state index is 5.34. The number of rotatable bonds is 6. The third kappa shape index (κ3) is 3.16. The predicted molar refractivity (Wildman–Crippen MR) is 78.6 cm³/mol. The van der Waals surface area contributed by atoms with E-state index in [0.29, 0.717) is 24.0 Å². The number of hydrogen-bond donors (Lipinski definition) is 2. The molecule has 0 spiro atoms. The number of ether oxygens (including phenoxy) is 2. The van der Waals surface area contributed by atoms with Gasteiger partial charge in [-0.15, -0.1) is 0 Å². The maximum Gasteiger partial charge on any atom is 0.204 e. The quantitative estimate of drug-likeness (QED) is 0.843. The normalized spacial score (nSPS) is 10.2. The van der Waals surface area contributed by atoms with E-state index in [1.165, 1.54) is 6.33 Å². The van der Waals surface area contributed by atoms with Crippen LogP contribution in [0.3, 0.4) is 0 Å². The van der Waals surface area contributed by atoms with Gasteiger partial charge in [0.2, 0.25) is 5.75 Å². The first-order chi connectivity index (χ1) is 9.78. The summed E-state index contributed by atoms with van der Waals surface area (Å²) in [5.41, 5.74) is 2.00. The van der Waals surface area contributed by atoms with Crippen LogP contribution < -0.4 is 15.4 Å². The van der Waals surface area contributed by atoms with Crippen LogP contribution in [-0.4, -0.2) is 31.2 Å². The summed E-state index contributed by atoms with van der Waals surface area (Å²) in [4.78, 5) is 8.32. The Kier molecular flexibility index (Phi) is 4.73. The second-order valence-corrected chi connectivity index (χ2v) is 4.11. The van der Waals surface area contributed by atoms with Crippen LogP contribution in [0, 0.1) is 0 Å². The third-order valence-electron chi connectivity index (χ3n) is 2.75. The summed E-state index contributed by atoms with van der Waals surface area (Å²) in [6.45, 7) is 0.568. The molecule has 0 bridgehead atoms. The van der Waals surface area contributed by atoms with Gasteiger partial charge in [0.25, 0.3) is 0 Å². The Balaban J connectivity index is 2.27. The van der Waals surface area contributed by atoms with Gasteiger partial charge in [0.15, 0.2) is 11.6 Å². The van der Waals surface area contributed by atoms with E-state index in [9.17, 15) is 0 Å². The van der Waals surface area contributed by atoms with E-state index in [2.05, 4.69) is 20.6 Å². The molecule has 2 rings (SSSR count). The molecule has 1 aromatic carbocycles. The molecule has 6 nitrogen and oxygen atoms in total. The smallest absolute Gasteiger partial charge is 0.204 e. The SMILES string of the molecule is CNc1ncnc(Nc2cccc(COC)c2)c1OC. The molecule has 0 aliphatic heterocycles. The molecule has 106 valence electrons. The van der Waals surface area contributed by atoms with E-state index in [1.807, 2.05) is 24.3 Å². The zero-order chi connectivity index (χ0) is 14.4. The van der Waals surface area contributed by atoms with Gasteiger partial charge in [-0.1, -0.05) is 12.1 Å². The number of benzene rings is 1. The van der Waals surface area contributed by atoms with Crippen molar-refractivity contribution in [2.24, 2.45) is 0 Å². The Morgan fingerprint density at radius 2 is 1.95 bits per heavy atom. The molecule has 0 unspecified atom stereocenters. The predicted octanol–water partition coefficient (Wildman–Crippen LogP) is 2.42. The lowest BCUT2D eigenvalue weighted by atomic mass is 10.2. The summed E-state index contributed by atoms with van der Waals surface area (Å²) >= 11 is 0. The Hall–Kier alpha value is -2.34. The van der Waals surface area contributed by atoms with Crippen molar-refractivity contribution in [2.45, 2.75) is 6.61 Å². The van der Waals surface area contributed by atoms with Crippen molar-refractivity contribution in [2.75, 3.05) is 31.9 Å². The van der Waals surface area contributed by atoms with Gasteiger partial charge < -0.3 is 20.1 Å². The van der Waals surface area contributed by atoms with Gasteiger partial charge in [0.05, 0.1) is 13.7 Å². The summed E-state index contributed by atoms with van der Waals surface area (Å²) in [6, 6.07) is 7.93. The minimum Gasteiger partial charge on any atom is -0.490 e. The molecule has 1 heterocycles. The summed E-state index contributed by atoms with van der Waals surface area (Å²) in [5, 5.41) is 6.19. The van der Waals surface area contributed by atoms with Crippen molar-refractivity contribution in [1.82, 2.24) is 9.97 Å². The highest BCUT2D eigenvalue weighted by Gasteiger charge is 2.11. The lowest BCUT2D eigenvalue weighted by molar-refractivity contribution is 0.185. The van der Waals surface area contributed by atoms with Crippen LogP contribution in [0.25, 0.3) is 0 Å². The van der Waals surface area contributed by atoms with Gasteiger partial charge in [-0.2, -0.15) is 0 Å². The third-order valence-corrected chi connectivity index (χ3v) is 2.75. The molecule has 0 atom stereocenters. The first-order valence-corrected chi connectivity index (χ1v) is 6.20. The van der Waals surface area contributed by atoms with E-state index in [1.54, 1.807) is 21.3 Å². The zero-order valence-corrected chi connectivity index (χ0v) is 11.8. The minimum atomic E-state index is 0.568. The van der Waals surface area contributed by atoms with Gasteiger partial charge >= 0.3 is 0 Å². The monoisotopic (exact) mass is 274 g/mol. The van der Waals surface area contributed by atoms with Crippen LogP contribution in [0.4, 0.5) is 17.3 Å². The van der Waals surface area contributed by atoms with Gasteiger partial charge in [0, 0.05) is 19.8 Å². The zero-order valence-electron chi connectivity index (χ0n) is 11.8. The highest BCUT2D eigenvalue weighted by Crippen LogP contribution is 2.30. The lowest BCUT2D eigenvalue weighted by Crippen LogP contribution is -2.03. The van der Waals surface area contributed by atoms with Crippen LogP contribution >= 0.6 is 0 Å². The Labute approximate surface area is 118 Å². The fraction of sp³-hybridized carbons (Fsp3) is 0.286. The number of aromatic nitrogens is 2. The number of nitrogens with one attached hydrogen (secondary N) is 2. The van der Waals surface area contributed by atoms with E-state index < -0.39 is 0 Å². The van der Waals surface area contributed by atoms with Crippen molar-refractivity contribution in [3.8, 4) is 5.75 Å². The molecule has 2 N–H and O–H groups in total. The fourth-order valence-electron chi connectivity index (χ4n) is 1.88. The van der Waals surface area contributed by atoms with Gasteiger partial charge in [0.1, 0.15) is 6.33 Å². The van der Waals surface area contributed by atoms with Gasteiger partial charge in [-0.25, -0.2) is 9.97 Å². The first kappa shape index (κ1) is 14.1. The van der Waals surface area contributed by atoms with Crippen molar-refractivity contribution in [1.29, 1.82) is 0 Å². The molecule has 0 saturated carbocycles. The van der Waals surface area contributed by atoms with E-state index in [-0.39, 0.29) is 0 Å². The molecule has 2 aromatic rings. The maximum atomic E-state index is 5.34. The molecular weight excluding hydrogens is 256 g/mol. The first-order valence-electron chi connectivity index (χ1n) is 6.20. The van der Waals surface area contributed by atoms with Crippen molar-refractivity contribution >= 4 is 17.3 Å². The largest absolute Gasteiger partial charge is 0.490 e. The molecule has 0 radical (unpaired) electrons. The molecule has 0 saturated heterocycles. The molecular formula is C14H18N4O2. The number of methoxy groups -OCH3 is 2. The number of nitrogens with zero attached hydrogens (tertiary/aromatic N) is 2. The molecule has 20 heavy (non-hydrogen) atoms. The number of hydrogen-bond acceptors (Lipinski definition) is 6. The van der Waals surface area contributed by atoms with Crippen molar-refractivity contribution < 1.29 is 9.47 Å². The molecule has 0 aliphatic rings. The topological polar surface area (TPSA) is 68.3 Å². The van der Waals surface area contributed by atoms with Crippen LogP contribution in [0.1, 0.15) is 5.56 Å². The van der Waals surface area contributed by atoms with Gasteiger partial charge in [-0.05, 0) is 17.7 Å². The van der Waals surface area contributed by atoms with E-state index in [0.717, 1.165) is 11.3 Å². The summed E-state index contributed by atoms with van der Waals surface area (Å²) in [5.74, 6) is 1.83. The summed E-state index contributed by atoms with van der Waals surface area (Å²) in [6.07, 6.45) is 1.48. The highest BCUT2D eigenvalue weighted by atomic mass is 16.5. The second kappa shape index (κ2) is 6.72. The van der Waals surface area contributed by atoms with Crippen LogP contribution in [0.5, 0.6) is 5.75 Å². The van der Waals surface area contributed by atoms with Crippen LogP contribution in [0.15, 0.2) is 30.6 Å². The average molecular weight is 274 g/mol. The highest BCUT2D eigenvalue weighted by molar-refractivity contribution is 5.69. The Morgan fingerprint density at radius 3 is 2.65 bits per heavy atom. The fourth-order valence-corrected chi connectivity index (χ4v) is 1.88.